The first-order chi connectivity index (χ1) is 11.9. The van der Waals surface area contributed by atoms with E-state index in [-0.39, 0.29) is 18.2 Å². The van der Waals surface area contributed by atoms with Crippen molar-refractivity contribution in [2.24, 2.45) is 0 Å². The fourth-order valence-electron chi connectivity index (χ4n) is 2.46. The van der Waals surface area contributed by atoms with Crippen molar-refractivity contribution in [2.75, 3.05) is 7.05 Å². The van der Waals surface area contributed by atoms with Crippen LogP contribution < -0.4 is 5.32 Å². The molecule has 0 fully saturated rings. The molecule has 2 aromatic rings. The van der Waals surface area contributed by atoms with Gasteiger partial charge in [0.1, 0.15) is 6.04 Å². The number of nitrogens with zero attached hydrogens (tertiary/aromatic N) is 1. The van der Waals surface area contributed by atoms with Gasteiger partial charge in [0, 0.05) is 23.6 Å². The van der Waals surface area contributed by atoms with E-state index in [4.69, 9.17) is 23.2 Å². The first kappa shape index (κ1) is 19.3. The lowest BCUT2D eigenvalue weighted by molar-refractivity contribution is -0.139. The Balaban J connectivity index is 2.20. The number of rotatable bonds is 6. The third kappa shape index (κ3) is 5.48. The van der Waals surface area contributed by atoms with Gasteiger partial charge in [0.05, 0.1) is 6.42 Å². The highest BCUT2D eigenvalue weighted by Crippen LogP contribution is 2.16. The van der Waals surface area contributed by atoms with Gasteiger partial charge in [-0.1, -0.05) is 47.5 Å². The molecule has 0 aliphatic carbocycles. The standard InChI is InChI=1S/C19H20Cl2N2O2/c1-13(19(25)22-2)23(12-15-5-9-17(21)10-6-15)18(24)11-14-3-7-16(20)8-4-14/h3-10,13H,11-12H2,1-2H3,(H,22,25). The third-order valence-corrected chi connectivity index (χ3v) is 4.45. The van der Waals surface area contributed by atoms with Crippen LogP contribution >= 0.6 is 23.2 Å². The third-order valence-electron chi connectivity index (χ3n) is 3.95. The molecule has 0 saturated heterocycles. The maximum atomic E-state index is 12.8. The summed E-state index contributed by atoms with van der Waals surface area (Å²) in [5, 5.41) is 3.84. The molecule has 0 heterocycles. The largest absolute Gasteiger partial charge is 0.357 e. The minimum atomic E-state index is -0.583. The lowest BCUT2D eigenvalue weighted by Crippen LogP contribution is -2.47. The van der Waals surface area contributed by atoms with E-state index in [2.05, 4.69) is 5.32 Å². The number of nitrogens with one attached hydrogen (secondary N) is 1. The van der Waals surface area contributed by atoms with Crippen LogP contribution in [0.1, 0.15) is 18.1 Å². The van der Waals surface area contributed by atoms with Crippen molar-refractivity contribution in [1.29, 1.82) is 0 Å². The molecule has 6 heteroatoms. The molecule has 1 atom stereocenters. The van der Waals surface area contributed by atoms with Crippen molar-refractivity contribution in [3.63, 3.8) is 0 Å². The SMILES string of the molecule is CNC(=O)C(C)N(Cc1ccc(Cl)cc1)C(=O)Cc1ccc(Cl)cc1. The van der Waals surface area contributed by atoms with Crippen LogP contribution in [0.25, 0.3) is 0 Å². The van der Waals surface area contributed by atoms with Crippen LogP contribution in [0.2, 0.25) is 10.0 Å². The molecule has 2 aromatic carbocycles. The van der Waals surface area contributed by atoms with Crippen LogP contribution in [0.4, 0.5) is 0 Å². The Hall–Kier alpha value is -2.04. The minimum Gasteiger partial charge on any atom is -0.357 e. The fourth-order valence-corrected chi connectivity index (χ4v) is 2.71. The number of amides is 2. The monoisotopic (exact) mass is 378 g/mol. The Labute approximate surface area is 157 Å². The lowest BCUT2D eigenvalue weighted by atomic mass is 10.1. The number of hydrogen-bond acceptors (Lipinski definition) is 2. The van der Waals surface area contributed by atoms with E-state index in [0.717, 1.165) is 11.1 Å². The van der Waals surface area contributed by atoms with E-state index in [1.807, 2.05) is 24.3 Å². The molecule has 25 heavy (non-hydrogen) atoms. The van der Waals surface area contributed by atoms with Gasteiger partial charge in [-0.15, -0.1) is 0 Å². The molecule has 0 bridgehead atoms. The van der Waals surface area contributed by atoms with E-state index in [9.17, 15) is 9.59 Å². The van der Waals surface area contributed by atoms with Crippen LogP contribution in [-0.4, -0.2) is 29.8 Å². The molecule has 2 rings (SSSR count). The second-order valence-electron chi connectivity index (χ2n) is 5.74. The van der Waals surface area contributed by atoms with Gasteiger partial charge in [-0.2, -0.15) is 0 Å². The van der Waals surface area contributed by atoms with Gasteiger partial charge in [0.2, 0.25) is 11.8 Å². The normalized spacial score (nSPS) is 11.7. The molecule has 0 aromatic heterocycles. The van der Waals surface area contributed by atoms with Gasteiger partial charge in [-0.25, -0.2) is 0 Å². The fraction of sp³-hybridized carbons (Fsp3) is 0.263. The van der Waals surface area contributed by atoms with E-state index < -0.39 is 6.04 Å². The summed E-state index contributed by atoms with van der Waals surface area (Å²) in [7, 11) is 1.56. The van der Waals surface area contributed by atoms with Gasteiger partial charge < -0.3 is 10.2 Å². The number of carbonyl (C=O) groups is 2. The Morgan fingerprint density at radius 3 is 1.92 bits per heavy atom. The molecular formula is C19H20Cl2N2O2. The molecule has 132 valence electrons. The van der Waals surface area contributed by atoms with E-state index >= 15 is 0 Å². The first-order valence-electron chi connectivity index (χ1n) is 7.90. The molecule has 0 aliphatic rings. The van der Waals surface area contributed by atoms with E-state index in [1.54, 1.807) is 43.1 Å². The smallest absolute Gasteiger partial charge is 0.242 e. The van der Waals surface area contributed by atoms with E-state index in [1.165, 1.54) is 0 Å². The summed E-state index contributed by atoms with van der Waals surface area (Å²) in [4.78, 5) is 26.4. The Morgan fingerprint density at radius 1 is 0.960 bits per heavy atom. The number of benzene rings is 2. The van der Waals surface area contributed by atoms with Crippen molar-refractivity contribution in [2.45, 2.75) is 25.9 Å². The molecule has 4 nitrogen and oxygen atoms in total. The predicted molar refractivity (Wildman–Crippen MR) is 101 cm³/mol. The van der Waals surface area contributed by atoms with Crippen molar-refractivity contribution < 1.29 is 9.59 Å². The summed E-state index contributed by atoms with van der Waals surface area (Å²) in [6.07, 6.45) is 0.200. The van der Waals surface area contributed by atoms with Gasteiger partial charge in [0.15, 0.2) is 0 Å². The molecule has 1 N–H and O–H groups in total. The second-order valence-corrected chi connectivity index (χ2v) is 6.61. The zero-order valence-electron chi connectivity index (χ0n) is 14.1. The highest BCUT2D eigenvalue weighted by Gasteiger charge is 2.25. The highest BCUT2D eigenvalue weighted by atomic mass is 35.5. The summed E-state index contributed by atoms with van der Waals surface area (Å²) >= 11 is 11.8. The molecule has 2 amide bonds. The summed E-state index contributed by atoms with van der Waals surface area (Å²) in [5.41, 5.74) is 1.75. The van der Waals surface area contributed by atoms with Gasteiger partial charge in [0.25, 0.3) is 0 Å². The van der Waals surface area contributed by atoms with Crippen molar-refractivity contribution in [1.82, 2.24) is 10.2 Å². The zero-order valence-corrected chi connectivity index (χ0v) is 15.6. The van der Waals surface area contributed by atoms with E-state index in [0.29, 0.717) is 16.6 Å². The summed E-state index contributed by atoms with van der Waals surface area (Å²) < 4.78 is 0. The van der Waals surface area contributed by atoms with Crippen molar-refractivity contribution in [3.05, 3.63) is 69.7 Å². The molecule has 0 spiro atoms. The summed E-state index contributed by atoms with van der Waals surface area (Å²) in [6.45, 7) is 2.05. The van der Waals surface area contributed by atoms with Crippen LogP contribution in [0.15, 0.2) is 48.5 Å². The first-order valence-corrected chi connectivity index (χ1v) is 8.66. The van der Waals surface area contributed by atoms with Crippen molar-refractivity contribution in [3.8, 4) is 0 Å². The summed E-state index contributed by atoms with van der Waals surface area (Å²) in [5.74, 6) is -0.341. The number of carbonyl (C=O) groups excluding carboxylic acids is 2. The maximum Gasteiger partial charge on any atom is 0.242 e. The van der Waals surface area contributed by atoms with Gasteiger partial charge in [-0.3, -0.25) is 9.59 Å². The average molecular weight is 379 g/mol. The predicted octanol–water partition coefficient (Wildman–Crippen LogP) is 3.70. The Kier molecular flexibility index (Phi) is 6.85. The molecular weight excluding hydrogens is 359 g/mol. The molecule has 0 radical (unpaired) electrons. The van der Waals surface area contributed by atoms with Crippen LogP contribution in [0, 0.1) is 0 Å². The quantitative estimate of drug-likeness (QED) is 0.832. The topological polar surface area (TPSA) is 49.4 Å². The van der Waals surface area contributed by atoms with Crippen LogP contribution in [0.3, 0.4) is 0 Å². The Bertz CT molecular complexity index is 730. The number of likely N-dealkylation sites (N-methyl/N-ethyl adjacent to an activating group) is 1. The minimum absolute atomic E-state index is 0.131. The van der Waals surface area contributed by atoms with Gasteiger partial charge >= 0.3 is 0 Å². The number of halogens is 2. The van der Waals surface area contributed by atoms with Crippen LogP contribution in [0.5, 0.6) is 0 Å². The molecule has 0 saturated carbocycles. The highest BCUT2D eigenvalue weighted by molar-refractivity contribution is 6.30. The lowest BCUT2D eigenvalue weighted by Gasteiger charge is -2.28. The maximum absolute atomic E-state index is 12.8. The van der Waals surface area contributed by atoms with Gasteiger partial charge in [-0.05, 0) is 42.3 Å². The molecule has 0 aliphatic heterocycles. The second kappa shape index (κ2) is 8.88. The summed E-state index contributed by atoms with van der Waals surface area (Å²) in [6, 6.07) is 13.8. The zero-order chi connectivity index (χ0) is 18.4. The number of hydrogen-bond donors (Lipinski definition) is 1. The van der Waals surface area contributed by atoms with Crippen molar-refractivity contribution >= 4 is 35.0 Å². The average Bonchev–Trinajstić information content (AvgIpc) is 2.61. The molecule has 1 unspecified atom stereocenters. The van der Waals surface area contributed by atoms with Crippen LogP contribution in [-0.2, 0) is 22.6 Å². The Morgan fingerprint density at radius 2 is 1.44 bits per heavy atom.